The van der Waals surface area contributed by atoms with Crippen LogP contribution in [0.5, 0.6) is 0 Å². The Kier molecular flexibility index (Phi) is 3.62. The van der Waals surface area contributed by atoms with Gasteiger partial charge in [-0.05, 0) is 39.7 Å². The highest BCUT2D eigenvalue weighted by Crippen LogP contribution is 2.12. The standard InChI is InChI=1S/C12H7BrFN3O2/c13-10-6-17(12(19)16-11(10)18)5-8-3-9(14)2-1-7(8)4-15/h1-3,6H,5H2,(H,16,18,19). The number of halogens is 2. The number of rotatable bonds is 2. The fourth-order valence-electron chi connectivity index (χ4n) is 1.59. The highest BCUT2D eigenvalue weighted by Gasteiger charge is 2.07. The van der Waals surface area contributed by atoms with Crippen LogP contribution in [-0.4, -0.2) is 9.55 Å². The predicted molar refractivity (Wildman–Crippen MR) is 69.2 cm³/mol. The molecule has 0 aliphatic carbocycles. The zero-order chi connectivity index (χ0) is 14.0. The Morgan fingerprint density at radius 1 is 1.42 bits per heavy atom. The topological polar surface area (TPSA) is 78.7 Å². The van der Waals surface area contributed by atoms with Crippen molar-refractivity contribution >= 4 is 15.9 Å². The Balaban J connectivity index is 2.51. The Morgan fingerprint density at radius 3 is 2.84 bits per heavy atom. The molecule has 2 rings (SSSR count). The first-order chi connectivity index (χ1) is 9.01. The first kappa shape index (κ1) is 13.2. The van der Waals surface area contributed by atoms with E-state index in [0.29, 0.717) is 5.56 Å². The summed E-state index contributed by atoms with van der Waals surface area (Å²) in [6.07, 6.45) is 1.30. The highest BCUT2D eigenvalue weighted by molar-refractivity contribution is 9.10. The molecule has 0 unspecified atom stereocenters. The van der Waals surface area contributed by atoms with Crippen LogP contribution in [0.25, 0.3) is 0 Å². The van der Waals surface area contributed by atoms with Crippen molar-refractivity contribution in [3.8, 4) is 6.07 Å². The second-order valence-electron chi connectivity index (χ2n) is 3.78. The largest absolute Gasteiger partial charge is 0.328 e. The van der Waals surface area contributed by atoms with Crippen molar-refractivity contribution in [2.24, 2.45) is 0 Å². The molecule has 1 heterocycles. The Labute approximate surface area is 115 Å². The number of nitrogens with one attached hydrogen (secondary N) is 1. The van der Waals surface area contributed by atoms with Gasteiger partial charge >= 0.3 is 5.69 Å². The van der Waals surface area contributed by atoms with E-state index in [9.17, 15) is 14.0 Å². The van der Waals surface area contributed by atoms with E-state index in [1.807, 2.05) is 6.07 Å². The molecule has 0 spiro atoms. The molecule has 7 heteroatoms. The van der Waals surface area contributed by atoms with Crippen LogP contribution in [0.1, 0.15) is 11.1 Å². The zero-order valence-electron chi connectivity index (χ0n) is 9.48. The summed E-state index contributed by atoms with van der Waals surface area (Å²) in [4.78, 5) is 24.9. The van der Waals surface area contributed by atoms with Crippen molar-refractivity contribution in [2.75, 3.05) is 0 Å². The van der Waals surface area contributed by atoms with E-state index in [1.165, 1.54) is 29.0 Å². The maximum absolute atomic E-state index is 13.2. The van der Waals surface area contributed by atoms with Crippen LogP contribution >= 0.6 is 15.9 Å². The van der Waals surface area contributed by atoms with Gasteiger partial charge in [-0.2, -0.15) is 5.26 Å². The van der Waals surface area contributed by atoms with Gasteiger partial charge < -0.3 is 0 Å². The third-order valence-corrected chi connectivity index (χ3v) is 3.06. The zero-order valence-corrected chi connectivity index (χ0v) is 11.1. The van der Waals surface area contributed by atoms with Gasteiger partial charge in [-0.15, -0.1) is 0 Å². The smallest absolute Gasteiger partial charge is 0.295 e. The second kappa shape index (κ2) is 5.20. The molecule has 0 atom stereocenters. The van der Waals surface area contributed by atoms with Gasteiger partial charge in [-0.1, -0.05) is 0 Å². The fourth-order valence-corrected chi connectivity index (χ4v) is 1.93. The number of hydrogen-bond acceptors (Lipinski definition) is 3. The normalized spacial score (nSPS) is 10.2. The fraction of sp³-hybridized carbons (Fsp3) is 0.0833. The lowest BCUT2D eigenvalue weighted by molar-refractivity contribution is 0.621. The molecular formula is C12H7BrFN3O2. The van der Waals surface area contributed by atoms with Gasteiger partial charge in [0, 0.05) is 6.20 Å². The van der Waals surface area contributed by atoms with Crippen molar-refractivity contribution in [3.63, 3.8) is 0 Å². The minimum atomic E-state index is -0.624. The average Bonchev–Trinajstić information content (AvgIpc) is 2.36. The van der Waals surface area contributed by atoms with Gasteiger partial charge in [0.05, 0.1) is 22.7 Å². The first-order valence-corrected chi connectivity index (χ1v) is 5.98. The molecular weight excluding hydrogens is 317 g/mol. The summed E-state index contributed by atoms with van der Waals surface area (Å²) in [5.41, 5.74) is -0.526. The second-order valence-corrected chi connectivity index (χ2v) is 4.63. The van der Waals surface area contributed by atoms with Crippen LogP contribution in [0.2, 0.25) is 0 Å². The van der Waals surface area contributed by atoms with E-state index in [1.54, 1.807) is 0 Å². The van der Waals surface area contributed by atoms with E-state index in [0.717, 1.165) is 0 Å². The molecule has 0 aliphatic heterocycles. The Bertz CT molecular complexity index is 789. The van der Waals surface area contributed by atoms with E-state index < -0.39 is 17.1 Å². The van der Waals surface area contributed by atoms with Crippen LogP contribution in [-0.2, 0) is 6.54 Å². The molecule has 0 fully saturated rings. The van der Waals surface area contributed by atoms with Gasteiger partial charge in [0.2, 0.25) is 0 Å². The summed E-state index contributed by atoms with van der Waals surface area (Å²) in [5, 5.41) is 8.93. The summed E-state index contributed by atoms with van der Waals surface area (Å²) >= 11 is 3.00. The lowest BCUT2D eigenvalue weighted by atomic mass is 10.1. The highest BCUT2D eigenvalue weighted by atomic mass is 79.9. The maximum atomic E-state index is 13.2. The number of aromatic nitrogens is 2. The summed E-state index contributed by atoms with van der Waals surface area (Å²) in [5.74, 6) is -0.495. The van der Waals surface area contributed by atoms with Gasteiger partial charge in [0.25, 0.3) is 5.56 Å². The number of hydrogen-bond donors (Lipinski definition) is 1. The molecule has 0 saturated carbocycles. The number of nitriles is 1. The van der Waals surface area contributed by atoms with Crippen LogP contribution in [0.4, 0.5) is 4.39 Å². The molecule has 2 aromatic rings. The van der Waals surface area contributed by atoms with E-state index >= 15 is 0 Å². The molecule has 1 aromatic carbocycles. The minimum Gasteiger partial charge on any atom is -0.295 e. The van der Waals surface area contributed by atoms with Crippen LogP contribution in [0.15, 0.2) is 38.5 Å². The SMILES string of the molecule is N#Cc1ccc(F)cc1Cn1cc(Br)c(=O)[nH]c1=O. The van der Waals surface area contributed by atoms with Crippen molar-refractivity contribution in [1.29, 1.82) is 5.26 Å². The molecule has 0 radical (unpaired) electrons. The van der Waals surface area contributed by atoms with Crippen LogP contribution in [0, 0.1) is 17.1 Å². The van der Waals surface area contributed by atoms with Crippen molar-refractivity contribution < 1.29 is 4.39 Å². The third-order valence-electron chi connectivity index (χ3n) is 2.50. The number of benzene rings is 1. The molecule has 19 heavy (non-hydrogen) atoms. The molecule has 0 saturated heterocycles. The molecule has 0 aliphatic rings. The number of aromatic amines is 1. The van der Waals surface area contributed by atoms with Crippen molar-refractivity contribution in [1.82, 2.24) is 9.55 Å². The monoisotopic (exact) mass is 323 g/mol. The van der Waals surface area contributed by atoms with E-state index in [2.05, 4.69) is 20.9 Å². The summed E-state index contributed by atoms with van der Waals surface area (Å²) in [7, 11) is 0. The van der Waals surface area contributed by atoms with Gasteiger partial charge in [0.15, 0.2) is 0 Å². The molecule has 0 bridgehead atoms. The third kappa shape index (κ3) is 2.80. The summed E-state index contributed by atoms with van der Waals surface area (Å²) < 4.78 is 14.5. The predicted octanol–water partition coefficient (Wildman–Crippen LogP) is 1.36. The lowest BCUT2D eigenvalue weighted by Gasteiger charge is -2.07. The minimum absolute atomic E-state index is 0.00509. The first-order valence-electron chi connectivity index (χ1n) is 5.19. The van der Waals surface area contributed by atoms with Gasteiger partial charge in [0.1, 0.15) is 5.82 Å². The molecule has 5 nitrogen and oxygen atoms in total. The quantitative estimate of drug-likeness (QED) is 0.906. The number of nitrogens with zero attached hydrogens (tertiary/aromatic N) is 2. The Hall–Kier alpha value is -2.20. The van der Waals surface area contributed by atoms with Gasteiger partial charge in [-0.3, -0.25) is 14.3 Å². The molecule has 96 valence electrons. The van der Waals surface area contributed by atoms with Crippen LogP contribution in [0.3, 0.4) is 0 Å². The molecule has 1 aromatic heterocycles. The molecule has 1 N–H and O–H groups in total. The van der Waals surface area contributed by atoms with Crippen LogP contribution < -0.4 is 11.2 Å². The summed E-state index contributed by atoms with van der Waals surface area (Å²) in [6.45, 7) is -0.00509. The molecule has 0 amide bonds. The lowest BCUT2D eigenvalue weighted by Crippen LogP contribution is -2.30. The maximum Gasteiger partial charge on any atom is 0.328 e. The van der Waals surface area contributed by atoms with Crippen molar-refractivity contribution in [2.45, 2.75) is 6.54 Å². The summed E-state index contributed by atoms with van der Waals surface area (Å²) in [6, 6.07) is 5.63. The van der Waals surface area contributed by atoms with Crippen molar-refractivity contribution in [3.05, 3.63) is 66.7 Å². The number of H-pyrrole nitrogens is 1. The average molecular weight is 324 g/mol. The van der Waals surface area contributed by atoms with E-state index in [-0.39, 0.29) is 16.6 Å². The van der Waals surface area contributed by atoms with Gasteiger partial charge in [-0.25, -0.2) is 9.18 Å². The Morgan fingerprint density at radius 2 is 2.16 bits per heavy atom. The van der Waals surface area contributed by atoms with E-state index in [4.69, 9.17) is 5.26 Å².